The number of carbonyl (C=O) groups is 1. The molecule has 0 unspecified atom stereocenters. The molecule has 4 N–H and O–H groups in total. The minimum Gasteiger partial charge on any atom is -0.388 e. The van der Waals surface area contributed by atoms with Gasteiger partial charge >= 0.3 is 0 Å². The highest BCUT2D eigenvalue weighted by Gasteiger charge is 2.30. The van der Waals surface area contributed by atoms with Crippen LogP contribution in [0.15, 0.2) is 41.7 Å². The lowest BCUT2D eigenvalue weighted by Crippen LogP contribution is -2.45. The molecule has 11 nitrogen and oxygen atoms in total. The number of anilines is 1. The Labute approximate surface area is 211 Å². The van der Waals surface area contributed by atoms with Crippen LogP contribution in [-0.4, -0.2) is 61.0 Å². The van der Waals surface area contributed by atoms with Gasteiger partial charge in [-0.2, -0.15) is 10.2 Å². The molecule has 2 heterocycles. The summed E-state index contributed by atoms with van der Waals surface area (Å²) in [5.41, 5.74) is 9.44. The fourth-order valence-corrected chi connectivity index (χ4v) is 4.78. The molecule has 1 aliphatic rings. The summed E-state index contributed by atoms with van der Waals surface area (Å²) in [5, 5.41) is 28.1. The number of benzene rings is 1. The molecule has 0 bridgehead atoms. The zero-order valence-corrected chi connectivity index (χ0v) is 20.9. The second kappa shape index (κ2) is 12.3. The Morgan fingerprint density at radius 3 is 2.97 bits per heavy atom. The molecule has 0 saturated carbocycles. The number of nitriles is 1. The number of rotatable bonds is 9. The van der Waals surface area contributed by atoms with Crippen LogP contribution in [0.1, 0.15) is 24.5 Å². The van der Waals surface area contributed by atoms with E-state index in [1.807, 2.05) is 19.1 Å². The van der Waals surface area contributed by atoms with E-state index in [0.717, 1.165) is 18.4 Å². The number of piperidine rings is 1. The van der Waals surface area contributed by atoms with Crippen LogP contribution < -0.4 is 10.6 Å². The van der Waals surface area contributed by atoms with Crippen LogP contribution in [0.3, 0.4) is 0 Å². The summed E-state index contributed by atoms with van der Waals surface area (Å²) in [4.78, 5) is 26.2. The fourth-order valence-electron chi connectivity index (χ4n) is 3.70. The van der Waals surface area contributed by atoms with E-state index in [2.05, 4.69) is 59.4 Å². The zero-order valence-electron chi connectivity index (χ0n) is 18.7. The van der Waals surface area contributed by atoms with Crippen molar-refractivity contribution >= 4 is 34.4 Å². The van der Waals surface area contributed by atoms with Gasteiger partial charge in [-0.15, -0.1) is 5.11 Å². The largest absolute Gasteiger partial charge is 0.388 e. The summed E-state index contributed by atoms with van der Waals surface area (Å²) in [7, 11) is 0. The molecular formula is C22H26IN9O2. The first-order valence-corrected chi connectivity index (χ1v) is 12.1. The van der Waals surface area contributed by atoms with Gasteiger partial charge in [0.15, 0.2) is 11.6 Å². The van der Waals surface area contributed by atoms with Crippen LogP contribution in [0.25, 0.3) is 11.4 Å². The number of nitrogens with zero attached hydrogens (tertiary/aromatic N) is 6. The third kappa shape index (κ3) is 6.45. The van der Waals surface area contributed by atoms with Gasteiger partial charge in [-0.25, -0.2) is 15.5 Å². The van der Waals surface area contributed by atoms with Gasteiger partial charge in [0.2, 0.25) is 11.9 Å². The summed E-state index contributed by atoms with van der Waals surface area (Å²) < 4.78 is 0.233. The molecule has 1 aliphatic heterocycles. The smallest absolute Gasteiger partial charge is 0.248 e. The van der Waals surface area contributed by atoms with Crippen LogP contribution in [-0.2, 0) is 11.2 Å². The van der Waals surface area contributed by atoms with Crippen molar-refractivity contribution in [2.24, 2.45) is 11.0 Å². The second-order valence-corrected chi connectivity index (χ2v) is 9.31. The van der Waals surface area contributed by atoms with Gasteiger partial charge in [0.25, 0.3) is 0 Å². The molecule has 0 radical (unpaired) electrons. The van der Waals surface area contributed by atoms with Crippen molar-refractivity contribution in [1.29, 1.82) is 10.8 Å². The average Bonchev–Trinajstić information content (AvgIpc) is 2.87. The summed E-state index contributed by atoms with van der Waals surface area (Å²) >= 11 is 2.35. The molecule has 2 aromatic rings. The maximum absolute atomic E-state index is 11.8. The van der Waals surface area contributed by atoms with Gasteiger partial charge in [0, 0.05) is 35.3 Å². The maximum Gasteiger partial charge on any atom is 0.248 e. The number of nitrogens with one attached hydrogen (secondary N) is 3. The predicted molar refractivity (Wildman–Crippen MR) is 134 cm³/mol. The van der Waals surface area contributed by atoms with Gasteiger partial charge in [0.05, 0.1) is 11.6 Å². The number of aliphatic hydroxyl groups excluding tert-OH is 1. The summed E-state index contributed by atoms with van der Waals surface area (Å²) in [5.74, 6) is 0.978. The number of halogens is 1. The Morgan fingerprint density at radius 2 is 2.29 bits per heavy atom. The SMILES string of the molecule is CCN/C=C(\N=N)Nc1ncnc(-c2ccc(C[C@H]3CCN(C(=O)CO)C[C@H]3I)c(C#N)c2)n1. The number of aromatic nitrogens is 3. The van der Waals surface area contributed by atoms with Gasteiger partial charge in [-0.05, 0) is 37.3 Å². The molecule has 2 atom stereocenters. The molecule has 12 heteroatoms. The molecule has 178 valence electrons. The first-order chi connectivity index (χ1) is 16.5. The quantitative estimate of drug-likeness (QED) is 0.201. The highest BCUT2D eigenvalue weighted by molar-refractivity contribution is 14.1. The molecule has 1 fully saturated rings. The van der Waals surface area contributed by atoms with Crippen molar-refractivity contribution in [2.45, 2.75) is 23.7 Å². The van der Waals surface area contributed by atoms with E-state index < -0.39 is 6.61 Å². The highest BCUT2D eigenvalue weighted by Crippen LogP contribution is 2.30. The standard InChI is InChI=1S/C22H26IN9O2/c1-2-26-10-19(31-25)29-22-28-13-27-21(30-22)16-4-3-14(17(8-16)9-24)7-15-5-6-32(11-18(15)23)20(34)12-33/h3-4,8,10,13,15,18,25-26,33H,2,5-7,11-12H2,1H3,(H,27,28,29,30)/b19-10-,31-25?/t15-,18-/m1/s1. The Morgan fingerprint density at radius 1 is 1.47 bits per heavy atom. The van der Waals surface area contributed by atoms with Crippen molar-refractivity contribution in [3.8, 4) is 17.5 Å². The van der Waals surface area contributed by atoms with Crippen molar-refractivity contribution in [3.63, 3.8) is 0 Å². The molecule has 1 saturated heterocycles. The van der Waals surface area contributed by atoms with Crippen LogP contribution >= 0.6 is 22.6 Å². The fraction of sp³-hybridized carbons (Fsp3) is 0.409. The van der Waals surface area contributed by atoms with E-state index in [0.29, 0.717) is 42.5 Å². The van der Waals surface area contributed by atoms with Crippen LogP contribution in [0.4, 0.5) is 5.95 Å². The number of alkyl halides is 1. The van der Waals surface area contributed by atoms with Crippen molar-refractivity contribution in [2.75, 3.05) is 31.6 Å². The molecule has 0 spiro atoms. The van der Waals surface area contributed by atoms with Gasteiger partial charge in [-0.1, -0.05) is 34.7 Å². The van der Waals surface area contributed by atoms with E-state index in [1.54, 1.807) is 17.2 Å². The Balaban J connectivity index is 1.75. The van der Waals surface area contributed by atoms with Crippen LogP contribution in [0, 0.1) is 22.8 Å². The lowest BCUT2D eigenvalue weighted by molar-refractivity contribution is -0.135. The summed E-state index contributed by atoms with van der Waals surface area (Å²) in [6.07, 6.45) is 4.47. The number of carbonyl (C=O) groups excluding carboxylic acids is 1. The van der Waals surface area contributed by atoms with Crippen LogP contribution in [0.2, 0.25) is 0 Å². The Bertz CT molecular complexity index is 1100. The number of hydrogen-bond donors (Lipinski definition) is 4. The number of likely N-dealkylation sites (tertiary alicyclic amines) is 1. The molecule has 1 aromatic carbocycles. The van der Waals surface area contributed by atoms with Gasteiger partial charge in [0.1, 0.15) is 12.9 Å². The summed E-state index contributed by atoms with van der Waals surface area (Å²) in [6.45, 7) is 3.36. The number of amides is 1. The van der Waals surface area contributed by atoms with Crippen molar-refractivity contribution < 1.29 is 9.90 Å². The zero-order chi connectivity index (χ0) is 24.5. The summed E-state index contributed by atoms with van der Waals surface area (Å²) in [6, 6.07) is 7.86. The van der Waals surface area contributed by atoms with E-state index in [4.69, 9.17) is 10.6 Å². The number of hydrogen-bond acceptors (Lipinski definition) is 10. The maximum atomic E-state index is 11.8. The third-order valence-electron chi connectivity index (χ3n) is 5.51. The highest BCUT2D eigenvalue weighted by atomic mass is 127. The average molecular weight is 575 g/mol. The molecule has 0 aliphatic carbocycles. The lowest BCUT2D eigenvalue weighted by atomic mass is 9.88. The van der Waals surface area contributed by atoms with Crippen LogP contribution in [0.5, 0.6) is 0 Å². The lowest BCUT2D eigenvalue weighted by Gasteiger charge is -2.36. The van der Waals surface area contributed by atoms with E-state index in [1.165, 1.54) is 6.33 Å². The predicted octanol–water partition coefficient (Wildman–Crippen LogP) is 2.45. The molecule has 1 aromatic heterocycles. The molecular weight excluding hydrogens is 549 g/mol. The number of aliphatic hydroxyl groups is 1. The molecule has 1 amide bonds. The Hall–Kier alpha value is -3.18. The van der Waals surface area contributed by atoms with Crippen molar-refractivity contribution in [1.82, 2.24) is 25.2 Å². The van der Waals surface area contributed by atoms with Gasteiger partial charge in [-0.3, -0.25) is 4.79 Å². The van der Waals surface area contributed by atoms with Gasteiger partial charge < -0.3 is 20.6 Å². The van der Waals surface area contributed by atoms with E-state index in [9.17, 15) is 10.1 Å². The minimum absolute atomic E-state index is 0.233. The van der Waals surface area contributed by atoms with E-state index >= 15 is 0 Å². The first-order valence-electron chi connectivity index (χ1n) is 10.8. The first kappa shape index (κ1) is 25.4. The minimum atomic E-state index is -0.465. The van der Waals surface area contributed by atoms with E-state index in [-0.39, 0.29) is 21.6 Å². The Kier molecular flexibility index (Phi) is 9.23. The molecule has 34 heavy (non-hydrogen) atoms. The monoisotopic (exact) mass is 575 g/mol. The normalized spacial score (nSPS) is 18.2. The van der Waals surface area contributed by atoms with Crippen molar-refractivity contribution in [3.05, 3.63) is 47.7 Å². The third-order valence-corrected chi connectivity index (χ3v) is 6.92. The second-order valence-electron chi connectivity index (χ2n) is 7.71. The topological polar surface area (TPSA) is 163 Å². The molecule has 3 rings (SSSR count).